The molecule has 0 spiro atoms. The van der Waals surface area contributed by atoms with Crippen LogP contribution in [0.25, 0.3) is 11.1 Å². The van der Waals surface area contributed by atoms with E-state index in [0.29, 0.717) is 6.04 Å². The normalized spacial score (nSPS) is 20.1. The summed E-state index contributed by atoms with van der Waals surface area (Å²) in [7, 11) is 2.08. The van der Waals surface area contributed by atoms with Gasteiger partial charge in [0, 0.05) is 18.1 Å². The van der Waals surface area contributed by atoms with E-state index in [-0.39, 0.29) is 11.9 Å². The number of fused-ring (bicyclic) bond motifs is 1. The molecule has 0 radical (unpaired) electrons. The van der Waals surface area contributed by atoms with Gasteiger partial charge in [0.1, 0.15) is 5.82 Å². The van der Waals surface area contributed by atoms with Gasteiger partial charge in [0.15, 0.2) is 0 Å². The topological polar surface area (TPSA) is 15.3 Å². The maximum Gasteiger partial charge on any atom is 0.123 e. The van der Waals surface area contributed by atoms with E-state index in [1.54, 1.807) is 0 Å². The van der Waals surface area contributed by atoms with Crippen molar-refractivity contribution in [3.05, 3.63) is 94.3 Å². The first kappa shape index (κ1) is 18.2. The second-order valence-electron chi connectivity index (χ2n) is 7.22. The molecule has 0 saturated heterocycles. The van der Waals surface area contributed by atoms with Gasteiger partial charge < -0.3 is 0 Å². The summed E-state index contributed by atoms with van der Waals surface area (Å²) < 4.78 is 13.3. The van der Waals surface area contributed by atoms with E-state index in [1.165, 1.54) is 28.8 Å². The summed E-state index contributed by atoms with van der Waals surface area (Å²) in [5.74, 6) is -0.212. The molecule has 1 aliphatic heterocycles. The molecule has 4 heteroatoms. The fourth-order valence-electron chi connectivity index (χ4n) is 3.93. The molecule has 1 aliphatic rings. The summed E-state index contributed by atoms with van der Waals surface area (Å²) in [6.07, 6.45) is 0.929. The summed E-state index contributed by atoms with van der Waals surface area (Å²) in [6.45, 7) is 2.19. The largest absolute Gasteiger partial charge is 0.251 e. The van der Waals surface area contributed by atoms with Crippen molar-refractivity contribution in [1.82, 2.24) is 10.4 Å². The van der Waals surface area contributed by atoms with Crippen molar-refractivity contribution in [1.29, 1.82) is 0 Å². The third kappa shape index (κ3) is 3.77. The van der Waals surface area contributed by atoms with E-state index >= 15 is 0 Å². The predicted molar refractivity (Wildman–Crippen MR) is 109 cm³/mol. The van der Waals surface area contributed by atoms with Crippen LogP contribution in [0.3, 0.4) is 0 Å². The molecule has 3 aromatic carbocycles. The second kappa shape index (κ2) is 7.43. The zero-order chi connectivity index (χ0) is 19.0. The first-order valence-corrected chi connectivity index (χ1v) is 9.52. The summed E-state index contributed by atoms with van der Waals surface area (Å²) in [6, 6.07) is 21.7. The first-order valence-electron chi connectivity index (χ1n) is 9.14. The summed E-state index contributed by atoms with van der Waals surface area (Å²) in [5, 5.41) is 2.92. The number of hydrogen-bond acceptors (Lipinski definition) is 2. The van der Waals surface area contributed by atoms with Crippen molar-refractivity contribution in [3.8, 4) is 11.1 Å². The minimum absolute atomic E-state index is 0.101. The number of hydrogen-bond donors (Lipinski definition) is 1. The monoisotopic (exact) mass is 380 g/mol. The molecule has 0 fully saturated rings. The van der Waals surface area contributed by atoms with Crippen molar-refractivity contribution in [2.24, 2.45) is 0 Å². The SMILES string of the molecule is CC1Cc2cc(-c3ccc(F)cc3)ccc2C(c2ccc(Cl)cc2)N(C)N1. The highest BCUT2D eigenvalue weighted by Crippen LogP contribution is 2.35. The van der Waals surface area contributed by atoms with E-state index < -0.39 is 0 Å². The Balaban J connectivity index is 1.80. The van der Waals surface area contributed by atoms with Crippen LogP contribution in [0.15, 0.2) is 66.7 Å². The van der Waals surface area contributed by atoms with Gasteiger partial charge >= 0.3 is 0 Å². The molecule has 0 bridgehead atoms. The molecule has 2 nitrogen and oxygen atoms in total. The maximum absolute atomic E-state index is 13.3. The molecule has 3 aromatic rings. The van der Waals surface area contributed by atoms with Gasteiger partial charge in [-0.1, -0.05) is 54.1 Å². The van der Waals surface area contributed by atoms with Crippen LogP contribution in [0.1, 0.15) is 29.7 Å². The van der Waals surface area contributed by atoms with Crippen LogP contribution in [-0.2, 0) is 6.42 Å². The third-order valence-electron chi connectivity index (χ3n) is 5.14. The highest BCUT2D eigenvalue weighted by Gasteiger charge is 2.27. The molecule has 4 rings (SSSR count). The maximum atomic E-state index is 13.3. The van der Waals surface area contributed by atoms with Gasteiger partial charge in [-0.3, -0.25) is 5.43 Å². The van der Waals surface area contributed by atoms with E-state index in [1.807, 2.05) is 24.3 Å². The van der Waals surface area contributed by atoms with Crippen LogP contribution < -0.4 is 5.43 Å². The smallest absolute Gasteiger partial charge is 0.123 e. The molecule has 138 valence electrons. The molecule has 0 aromatic heterocycles. The fraction of sp³-hybridized carbons (Fsp3) is 0.217. The van der Waals surface area contributed by atoms with Gasteiger partial charge in [0.05, 0.1) is 6.04 Å². The Kier molecular flexibility index (Phi) is 5.00. The number of halogens is 2. The van der Waals surface area contributed by atoms with Crippen LogP contribution in [0.5, 0.6) is 0 Å². The van der Waals surface area contributed by atoms with Gasteiger partial charge in [-0.15, -0.1) is 0 Å². The fourth-order valence-corrected chi connectivity index (χ4v) is 4.05. The minimum Gasteiger partial charge on any atom is -0.251 e. The van der Waals surface area contributed by atoms with Gasteiger partial charge in [0.2, 0.25) is 0 Å². The van der Waals surface area contributed by atoms with Crippen molar-refractivity contribution >= 4 is 11.6 Å². The van der Waals surface area contributed by atoms with E-state index in [2.05, 4.69) is 54.7 Å². The Morgan fingerprint density at radius 1 is 0.963 bits per heavy atom. The highest BCUT2D eigenvalue weighted by atomic mass is 35.5. The molecule has 0 amide bonds. The number of nitrogens with zero attached hydrogens (tertiary/aromatic N) is 1. The molecule has 27 heavy (non-hydrogen) atoms. The van der Waals surface area contributed by atoms with Crippen molar-refractivity contribution in [2.75, 3.05) is 7.05 Å². The Labute approximate surface area is 164 Å². The molecule has 1 N–H and O–H groups in total. The van der Waals surface area contributed by atoms with Crippen molar-refractivity contribution in [2.45, 2.75) is 25.4 Å². The predicted octanol–water partition coefficient (Wildman–Crippen LogP) is 5.62. The van der Waals surface area contributed by atoms with Crippen molar-refractivity contribution in [3.63, 3.8) is 0 Å². The summed E-state index contributed by atoms with van der Waals surface area (Å²) >= 11 is 6.09. The van der Waals surface area contributed by atoms with Crippen LogP contribution >= 0.6 is 11.6 Å². The minimum atomic E-state index is -0.212. The molecule has 2 atom stereocenters. The van der Waals surface area contributed by atoms with E-state index in [9.17, 15) is 4.39 Å². The van der Waals surface area contributed by atoms with E-state index in [0.717, 1.165) is 22.6 Å². The van der Waals surface area contributed by atoms with E-state index in [4.69, 9.17) is 11.6 Å². The Morgan fingerprint density at radius 3 is 2.33 bits per heavy atom. The van der Waals surface area contributed by atoms with Gasteiger partial charge in [-0.05, 0) is 65.4 Å². The third-order valence-corrected chi connectivity index (χ3v) is 5.39. The molecular weight excluding hydrogens is 359 g/mol. The lowest BCUT2D eigenvalue weighted by Crippen LogP contribution is -2.41. The lowest BCUT2D eigenvalue weighted by Gasteiger charge is -2.29. The number of hydrazine groups is 1. The van der Waals surface area contributed by atoms with Gasteiger partial charge in [-0.2, -0.15) is 0 Å². The van der Waals surface area contributed by atoms with Crippen LogP contribution in [0.2, 0.25) is 5.02 Å². The van der Waals surface area contributed by atoms with Crippen LogP contribution in [0.4, 0.5) is 4.39 Å². The lowest BCUT2D eigenvalue weighted by molar-refractivity contribution is 0.172. The first-order chi connectivity index (χ1) is 13.0. The molecular formula is C23H22ClFN2. The summed E-state index contributed by atoms with van der Waals surface area (Å²) in [5.41, 5.74) is 9.49. The zero-order valence-corrected chi connectivity index (χ0v) is 16.2. The number of nitrogens with one attached hydrogen (secondary N) is 1. The molecule has 0 aliphatic carbocycles. The van der Waals surface area contributed by atoms with Crippen molar-refractivity contribution < 1.29 is 4.39 Å². The number of benzene rings is 3. The lowest BCUT2D eigenvalue weighted by atomic mass is 9.90. The van der Waals surface area contributed by atoms with Gasteiger partial charge in [0.25, 0.3) is 0 Å². The van der Waals surface area contributed by atoms with Gasteiger partial charge in [-0.25, -0.2) is 9.40 Å². The Bertz CT molecular complexity index is 938. The standard InChI is InChI=1S/C23H22ClFN2/c1-15-13-19-14-18(16-5-10-21(25)11-6-16)7-12-22(19)23(27(2)26-15)17-3-8-20(24)9-4-17/h3-12,14-15,23,26H,13H2,1-2H3. The Hall–Kier alpha value is -2.20. The van der Waals surface area contributed by atoms with Crippen LogP contribution in [-0.4, -0.2) is 18.1 Å². The number of rotatable bonds is 2. The average molecular weight is 381 g/mol. The molecule has 2 unspecified atom stereocenters. The van der Waals surface area contributed by atoms with Crippen LogP contribution in [0, 0.1) is 5.82 Å². The highest BCUT2D eigenvalue weighted by molar-refractivity contribution is 6.30. The Morgan fingerprint density at radius 2 is 1.63 bits per heavy atom. The quantitative estimate of drug-likeness (QED) is 0.621. The molecule has 0 saturated carbocycles. The average Bonchev–Trinajstić information content (AvgIpc) is 2.77. The zero-order valence-electron chi connectivity index (χ0n) is 15.4. The molecule has 1 heterocycles. The second-order valence-corrected chi connectivity index (χ2v) is 7.66. The summed E-state index contributed by atoms with van der Waals surface area (Å²) in [4.78, 5) is 0.